The van der Waals surface area contributed by atoms with Crippen LogP contribution in [0, 0.1) is 6.92 Å². The van der Waals surface area contributed by atoms with Gasteiger partial charge in [-0.1, -0.05) is 0 Å². The molecule has 0 aliphatic carbocycles. The molecule has 3 N–H and O–H groups in total. The van der Waals surface area contributed by atoms with Crippen molar-refractivity contribution in [3.05, 3.63) is 23.0 Å². The highest BCUT2D eigenvalue weighted by molar-refractivity contribution is 7.15. The molecule has 2 aromatic rings. The van der Waals surface area contributed by atoms with Gasteiger partial charge in [-0.3, -0.25) is 9.20 Å². The summed E-state index contributed by atoms with van der Waals surface area (Å²) in [6.07, 6.45) is 2.07. The third kappa shape index (κ3) is 2.94. The topological polar surface area (TPSA) is 86.9 Å². The third-order valence-corrected chi connectivity index (χ3v) is 3.77. The number of amides is 1. The van der Waals surface area contributed by atoms with E-state index in [0.29, 0.717) is 0 Å². The summed E-state index contributed by atoms with van der Waals surface area (Å²) in [6.45, 7) is 2.88. The van der Waals surface area contributed by atoms with E-state index < -0.39 is 5.54 Å². The molecule has 1 amide bonds. The van der Waals surface area contributed by atoms with E-state index in [1.165, 1.54) is 11.3 Å². The Bertz CT molecular complexity index is 586. The molecule has 0 radical (unpaired) electrons. The molecule has 0 saturated heterocycles. The van der Waals surface area contributed by atoms with Crippen molar-refractivity contribution in [1.82, 2.24) is 14.7 Å². The summed E-state index contributed by atoms with van der Waals surface area (Å²) in [7, 11) is 0. The molecule has 0 spiro atoms. The van der Waals surface area contributed by atoms with Crippen molar-refractivity contribution in [3.8, 4) is 0 Å². The molecule has 0 aliphatic heterocycles. The lowest BCUT2D eigenvalue weighted by Gasteiger charge is -2.26. The fourth-order valence-corrected chi connectivity index (χ4v) is 2.66. The first-order chi connectivity index (χ1) is 8.97. The number of rotatable bonds is 5. The first kappa shape index (κ1) is 14.0. The van der Waals surface area contributed by atoms with Crippen LogP contribution in [-0.2, 0) is 11.2 Å². The molecule has 0 bridgehead atoms. The quantitative estimate of drug-likeness (QED) is 0.726. The molecule has 2 aromatic heterocycles. The number of imidazole rings is 1. The Balaban J connectivity index is 2.10. The minimum Gasteiger partial charge on any atom is -0.394 e. The van der Waals surface area contributed by atoms with E-state index in [1.54, 1.807) is 6.92 Å². The Hall–Kier alpha value is -1.44. The van der Waals surface area contributed by atoms with E-state index in [2.05, 4.69) is 10.3 Å². The number of aromatic nitrogens is 2. The van der Waals surface area contributed by atoms with E-state index >= 15 is 0 Å². The van der Waals surface area contributed by atoms with Crippen molar-refractivity contribution in [2.24, 2.45) is 0 Å². The van der Waals surface area contributed by atoms with Gasteiger partial charge in [0.15, 0.2) is 4.96 Å². The number of aliphatic hydroxyl groups is 2. The Kier molecular flexibility index (Phi) is 3.88. The Morgan fingerprint density at radius 2 is 2.21 bits per heavy atom. The van der Waals surface area contributed by atoms with Crippen LogP contribution < -0.4 is 5.32 Å². The number of nitrogens with one attached hydrogen (secondary N) is 1. The second kappa shape index (κ2) is 5.28. The van der Waals surface area contributed by atoms with Gasteiger partial charge in [-0.15, -0.1) is 11.3 Å². The summed E-state index contributed by atoms with van der Waals surface area (Å²) in [4.78, 5) is 17.1. The molecule has 104 valence electrons. The van der Waals surface area contributed by atoms with Gasteiger partial charge in [0.05, 0.1) is 30.9 Å². The van der Waals surface area contributed by atoms with Crippen LogP contribution in [0.15, 0.2) is 11.6 Å². The summed E-state index contributed by atoms with van der Waals surface area (Å²) in [5.74, 6) is -0.239. The predicted octanol–water partition coefficient (Wildman–Crippen LogP) is 0.106. The molecule has 7 heteroatoms. The Morgan fingerprint density at radius 3 is 2.84 bits per heavy atom. The maximum absolute atomic E-state index is 11.9. The fraction of sp³-hybridized carbons (Fsp3) is 0.500. The van der Waals surface area contributed by atoms with Gasteiger partial charge in [-0.2, -0.15) is 0 Å². The summed E-state index contributed by atoms with van der Waals surface area (Å²) >= 11 is 1.48. The van der Waals surface area contributed by atoms with Crippen molar-refractivity contribution in [3.63, 3.8) is 0 Å². The number of carbonyl (C=O) groups is 1. The zero-order valence-electron chi connectivity index (χ0n) is 10.9. The second-order valence-electron chi connectivity index (χ2n) is 4.86. The minimum atomic E-state index is -0.989. The second-order valence-corrected chi connectivity index (χ2v) is 5.70. The highest BCUT2D eigenvalue weighted by atomic mass is 32.1. The summed E-state index contributed by atoms with van der Waals surface area (Å²) in [6, 6.07) is 0. The normalized spacial score (nSPS) is 12.0. The van der Waals surface area contributed by atoms with Crippen LogP contribution in [0.1, 0.15) is 18.3 Å². The van der Waals surface area contributed by atoms with Gasteiger partial charge in [0.1, 0.15) is 0 Å². The van der Waals surface area contributed by atoms with E-state index in [1.807, 2.05) is 22.9 Å². The first-order valence-electron chi connectivity index (χ1n) is 5.92. The molecule has 0 saturated carbocycles. The average Bonchev–Trinajstić information content (AvgIpc) is 2.90. The van der Waals surface area contributed by atoms with E-state index in [4.69, 9.17) is 10.2 Å². The van der Waals surface area contributed by atoms with Crippen molar-refractivity contribution in [2.75, 3.05) is 13.2 Å². The molecule has 0 aromatic carbocycles. The predicted molar refractivity (Wildman–Crippen MR) is 72.2 cm³/mol. The van der Waals surface area contributed by atoms with Crippen LogP contribution in [0.4, 0.5) is 0 Å². The molecule has 19 heavy (non-hydrogen) atoms. The molecule has 0 atom stereocenters. The molecule has 6 nitrogen and oxygen atoms in total. The largest absolute Gasteiger partial charge is 0.394 e. The molecule has 0 fully saturated rings. The number of aryl methyl sites for hydroxylation is 1. The van der Waals surface area contributed by atoms with Gasteiger partial charge in [-0.25, -0.2) is 4.98 Å². The number of nitrogens with zero attached hydrogens (tertiary/aromatic N) is 2. The highest BCUT2D eigenvalue weighted by Gasteiger charge is 2.25. The van der Waals surface area contributed by atoms with Crippen molar-refractivity contribution in [1.29, 1.82) is 0 Å². The van der Waals surface area contributed by atoms with Crippen molar-refractivity contribution < 1.29 is 15.0 Å². The highest BCUT2D eigenvalue weighted by Crippen LogP contribution is 2.17. The van der Waals surface area contributed by atoms with Gasteiger partial charge in [0.25, 0.3) is 0 Å². The van der Waals surface area contributed by atoms with Gasteiger partial charge < -0.3 is 15.5 Å². The Labute approximate surface area is 114 Å². The maximum Gasteiger partial charge on any atom is 0.226 e. The SMILES string of the molecule is Cc1cn2c(CC(=O)NC(C)(CO)CO)csc2n1. The lowest BCUT2D eigenvalue weighted by atomic mass is 10.1. The molecule has 0 unspecified atom stereocenters. The van der Waals surface area contributed by atoms with E-state index in [-0.39, 0.29) is 25.5 Å². The molecule has 2 heterocycles. The monoisotopic (exact) mass is 283 g/mol. The maximum atomic E-state index is 11.9. The van der Waals surface area contributed by atoms with E-state index in [9.17, 15) is 4.79 Å². The van der Waals surface area contributed by atoms with Crippen LogP contribution in [-0.4, -0.2) is 44.3 Å². The standard InChI is InChI=1S/C12H17N3O3S/c1-8-4-15-9(5-19-11(15)13-8)3-10(18)14-12(2,6-16)7-17/h4-5,16-17H,3,6-7H2,1-2H3,(H,14,18). The first-order valence-corrected chi connectivity index (χ1v) is 6.80. The van der Waals surface area contributed by atoms with Crippen LogP contribution in [0.2, 0.25) is 0 Å². The van der Waals surface area contributed by atoms with Crippen LogP contribution in [0.3, 0.4) is 0 Å². The van der Waals surface area contributed by atoms with E-state index in [0.717, 1.165) is 16.3 Å². The van der Waals surface area contributed by atoms with Crippen molar-refractivity contribution >= 4 is 22.2 Å². The zero-order chi connectivity index (χ0) is 14.0. The number of thiazole rings is 1. The summed E-state index contributed by atoms with van der Waals surface area (Å²) < 4.78 is 1.88. The number of hydrogen-bond acceptors (Lipinski definition) is 5. The van der Waals surface area contributed by atoms with Gasteiger partial charge in [-0.05, 0) is 13.8 Å². The molecule has 2 rings (SSSR count). The van der Waals surface area contributed by atoms with Gasteiger partial charge in [0, 0.05) is 17.3 Å². The van der Waals surface area contributed by atoms with Gasteiger partial charge in [0.2, 0.25) is 5.91 Å². The average molecular weight is 283 g/mol. The molecular formula is C12H17N3O3S. The number of aliphatic hydroxyl groups excluding tert-OH is 2. The summed E-state index contributed by atoms with van der Waals surface area (Å²) in [5, 5.41) is 22.8. The Morgan fingerprint density at radius 1 is 1.53 bits per heavy atom. The third-order valence-electron chi connectivity index (χ3n) is 2.88. The van der Waals surface area contributed by atoms with Crippen LogP contribution in [0.5, 0.6) is 0 Å². The fourth-order valence-electron chi connectivity index (χ4n) is 1.74. The van der Waals surface area contributed by atoms with Crippen molar-refractivity contribution in [2.45, 2.75) is 25.8 Å². The summed E-state index contributed by atoms with van der Waals surface area (Å²) in [5.41, 5.74) is 0.761. The number of fused-ring (bicyclic) bond motifs is 1. The smallest absolute Gasteiger partial charge is 0.226 e. The number of hydrogen-bond donors (Lipinski definition) is 3. The van der Waals surface area contributed by atoms with Gasteiger partial charge >= 0.3 is 0 Å². The molecular weight excluding hydrogens is 266 g/mol. The lowest BCUT2D eigenvalue weighted by Crippen LogP contribution is -2.52. The molecule has 0 aliphatic rings. The van der Waals surface area contributed by atoms with Crippen LogP contribution >= 0.6 is 11.3 Å². The number of carbonyl (C=O) groups excluding carboxylic acids is 1. The zero-order valence-corrected chi connectivity index (χ0v) is 11.7. The lowest BCUT2D eigenvalue weighted by molar-refractivity contribution is -0.123. The van der Waals surface area contributed by atoms with Crippen LogP contribution in [0.25, 0.3) is 4.96 Å². The minimum absolute atomic E-state index is 0.186.